The second kappa shape index (κ2) is 12.1. The van der Waals surface area contributed by atoms with Crippen LogP contribution in [0.4, 0.5) is 19.3 Å². The van der Waals surface area contributed by atoms with Crippen molar-refractivity contribution in [2.24, 2.45) is 0 Å². The van der Waals surface area contributed by atoms with Gasteiger partial charge in [0, 0.05) is 28.0 Å². The van der Waals surface area contributed by atoms with Gasteiger partial charge in [-0.3, -0.25) is 4.79 Å². The molecule has 1 N–H and O–H groups in total. The fourth-order valence-corrected chi connectivity index (χ4v) is 5.47. The Morgan fingerprint density at radius 1 is 0.944 bits per heavy atom. The molecule has 3 amide bonds. The van der Waals surface area contributed by atoms with Crippen LogP contribution in [-0.2, 0) is 17.9 Å². The number of nitrogens with zero attached hydrogens (tertiary/aromatic N) is 2. The minimum absolute atomic E-state index is 0.0621. The lowest BCUT2D eigenvalue weighted by atomic mass is 9.94. The first-order valence-corrected chi connectivity index (χ1v) is 13.1. The van der Waals surface area contributed by atoms with E-state index in [0.29, 0.717) is 18.8 Å². The smallest absolute Gasteiger partial charge is 0.322 e. The molecule has 2 aromatic carbocycles. The molecule has 190 valence electrons. The van der Waals surface area contributed by atoms with Crippen molar-refractivity contribution >= 4 is 29.0 Å². The Labute approximate surface area is 214 Å². The Bertz CT molecular complexity index is 1180. The van der Waals surface area contributed by atoms with Gasteiger partial charge in [-0.15, -0.1) is 11.3 Å². The molecule has 0 saturated heterocycles. The van der Waals surface area contributed by atoms with Crippen molar-refractivity contribution in [3.8, 4) is 0 Å². The molecule has 0 bridgehead atoms. The van der Waals surface area contributed by atoms with E-state index in [9.17, 15) is 18.4 Å². The molecule has 1 aliphatic carbocycles. The second-order valence-corrected chi connectivity index (χ2v) is 10.6. The van der Waals surface area contributed by atoms with Crippen molar-refractivity contribution in [1.29, 1.82) is 0 Å². The Morgan fingerprint density at radius 2 is 1.69 bits per heavy atom. The molecule has 1 heterocycles. The average Bonchev–Trinajstić information content (AvgIpc) is 3.28. The lowest BCUT2D eigenvalue weighted by molar-refractivity contribution is -0.133. The highest BCUT2D eigenvalue weighted by atomic mass is 32.1. The van der Waals surface area contributed by atoms with E-state index in [1.807, 2.05) is 19.1 Å². The molecule has 1 aliphatic rings. The number of benzene rings is 2. The van der Waals surface area contributed by atoms with Crippen molar-refractivity contribution in [2.75, 3.05) is 11.9 Å². The van der Waals surface area contributed by atoms with Gasteiger partial charge in [-0.2, -0.15) is 0 Å². The molecular weight excluding hydrogens is 480 g/mol. The van der Waals surface area contributed by atoms with E-state index in [-0.39, 0.29) is 24.3 Å². The van der Waals surface area contributed by atoms with Crippen LogP contribution in [0.2, 0.25) is 0 Å². The van der Waals surface area contributed by atoms with Gasteiger partial charge in [0.2, 0.25) is 5.91 Å². The topological polar surface area (TPSA) is 52.7 Å². The van der Waals surface area contributed by atoms with Gasteiger partial charge in [0.25, 0.3) is 0 Å². The van der Waals surface area contributed by atoms with Crippen LogP contribution in [-0.4, -0.2) is 34.3 Å². The Morgan fingerprint density at radius 3 is 2.36 bits per heavy atom. The largest absolute Gasteiger partial charge is 0.332 e. The first-order valence-electron chi connectivity index (χ1n) is 12.3. The Balaban J connectivity index is 1.54. The lowest BCUT2D eigenvalue weighted by Crippen LogP contribution is -2.49. The third-order valence-electron chi connectivity index (χ3n) is 6.44. The summed E-state index contributed by atoms with van der Waals surface area (Å²) >= 11 is 1.62. The van der Waals surface area contributed by atoms with Gasteiger partial charge in [-0.25, -0.2) is 13.6 Å². The minimum Gasteiger partial charge on any atom is -0.332 e. The summed E-state index contributed by atoms with van der Waals surface area (Å²) in [4.78, 5) is 32.5. The summed E-state index contributed by atoms with van der Waals surface area (Å²) in [5.41, 5.74) is 1.16. The summed E-state index contributed by atoms with van der Waals surface area (Å²) in [5, 5.41) is 2.77. The van der Waals surface area contributed by atoms with Gasteiger partial charge in [-0.05, 0) is 67.8 Å². The van der Waals surface area contributed by atoms with Crippen LogP contribution in [0.5, 0.6) is 0 Å². The fourth-order valence-electron chi connectivity index (χ4n) is 4.57. The zero-order valence-electron chi connectivity index (χ0n) is 20.4. The number of thiophene rings is 1. The summed E-state index contributed by atoms with van der Waals surface area (Å²) < 4.78 is 27.1. The average molecular weight is 512 g/mol. The van der Waals surface area contributed by atoms with E-state index in [4.69, 9.17) is 0 Å². The third-order valence-corrected chi connectivity index (χ3v) is 7.43. The monoisotopic (exact) mass is 511 g/mol. The fraction of sp³-hybridized carbons (Fsp3) is 0.357. The SMILES string of the molecule is Cc1ccc(CN(Cc2ccc(F)cc2)C(=O)CN(C(=O)Nc2cccc(F)c2)C2CCCCC2)s1. The Kier molecular flexibility index (Phi) is 8.70. The summed E-state index contributed by atoms with van der Waals surface area (Å²) in [6.07, 6.45) is 4.75. The predicted molar refractivity (Wildman–Crippen MR) is 139 cm³/mol. The zero-order valence-corrected chi connectivity index (χ0v) is 21.2. The quantitative estimate of drug-likeness (QED) is 0.365. The normalized spacial score (nSPS) is 13.9. The second-order valence-electron chi connectivity index (χ2n) is 9.25. The molecule has 0 aliphatic heterocycles. The van der Waals surface area contributed by atoms with Gasteiger partial charge < -0.3 is 15.1 Å². The molecule has 1 fully saturated rings. The maximum atomic E-state index is 13.7. The highest BCUT2D eigenvalue weighted by Crippen LogP contribution is 2.25. The summed E-state index contributed by atoms with van der Waals surface area (Å²) in [6.45, 7) is 2.64. The Hall–Kier alpha value is -3.26. The number of amides is 3. The first kappa shape index (κ1) is 25.8. The number of urea groups is 1. The summed E-state index contributed by atoms with van der Waals surface area (Å²) in [7, 11) is 0. The first-order chi connectivity index (χ1) is 17.4. The van der Waals surface area contributed by atoms with Crippen molar-refractivity contribution in [3.05, 3.63) is 87.6 Å². The van der Waals surface area contributed by atoms with E-state index in [1.165, 1.54) is 30.3 Å². The molecule has 0 radical (unpaired) electrons. The molecule has 8 heteroatoms. The van der Waals surface area contributed by atoms with E-state index < -0.39 is 11.8 Å². The zero-order chi connectivity index (χ0) is 25.5. The van der Waals surface area contributed by atoms with E-state index in [1.54, 1.807) is 39.3 Å². The molecule has 0 spiro atoms. The number of carbonyl (C=O) groups is 2. The van der Waals surface area contributed by atoms with Crippen LogP contribution < -0.4 is 5.32 Å². The highest BCUT2D eigenvalue weighted by molar-refractivity contribution is 7.11. The summed E-state index contributed by atoms with van der Waals surface area (Å²) in [5.74, 6) is -0.960. The maximum absolute atomic E-state index is 13.7. The number of hydrogen-bond acceptors (Lipinski definition) is 3. The highest BCUT2D eigenvalue weighted by Gasteiger charge is 2.29. The van der Waals surface area contributed by atoms with E-state index >= 15 is 0 Å². The van der Waals surface area contributed by atoms with E-state index in [0.717, 1.165) is 47.4 Å². The number of aryl methyl sites for hydroxylation is 1. The third kappa shape index (κ3) is 7.13. The molecule has 3 aromatic rings. The van der Waals surface area contributed by atoms with E-state index in [2.05, 4.69) is 5.32 Å². The van der Waals surface area contributed by atoms with Gasteiger partial charge in [-0.1, -0.05) is 37.5 Å². The molecule has 36 heavy (non-hydrogen) atoms. The van der Waals surface area contributed by atoms with Crippen molar-refractivity contribution in [3.63, 3.8) is 0 Å². The van der Waals surface area contributed by atoms with Crippen LogP contribution in [0.25, 0.3) is 0 Å². The molecule has 4 rings (SSSR count). The van der Waals surface area contributed by atoms with Crippen molar-refractivity contribution < 1.29 is 18.4 Å². The van der Waals surface area contributed by atoms with Gasteiger partial charge in [0.1, 0.15) is 18.2 Å². The van der Waals surface area contributed by atoms with Gasteiger partial charge in [0.15, 0.2) is 0 Å². The summed E-state index contributed by atoms with van der Waals surface area (Å²) in [6, 6.07) is 15.4. The number of anilines is 1. The van der Waals surface area contributed by atoms with Crippen molar-refractivity contribution in [2.45, 2.75) is 58.2 Å². The lowest BCUT2D eigenvalue weighted by Gasteiger charge is -2.35. The number of carbonyl (C=O) groups excluding carboxylic acids is 2. The number of hydrogen-bond donors (Lipinski definition) is 1. The molecule has 0 unspecified atom stereocenters. The number of rotatable bonds is 8. The molecule has 5 nitrogen and oxygen atoms in total. The van der Waals surface area contributed by atoms with Crippen molar-refractivity contribution in [1.82, 2.24) is 9.80 Å². The van der Waals surface area contributed by atoms with Crippen LogP contribution in [0, 0.1) is 18.6 Å². The molecule has 1 aromatic heterocycles. The predicted octanol–water partition coefficient (Wildman–Crippen LogP) is 6.73. The van der Waals surface area contributed by atoms with Crippen LogP contribution >= 0.6 is 11.3 Å². The van der Waals surface area contributed by atoms with Crippen LogP contribution in [0.1, 0.15) is 47.4 Å². The minimum atomic E-state index is -0.440. The van der Waals surface area contributed by atoms with Gasteiger partial charge in [0.05, 0.1) is 6.54 Å². The number of halogens is 2. The number of nitrogens with one attached hydrogen (secondary N) is 1. The van der Waals surface area contributed by atoms with Crippen LogP contribution in [0.15, 0.2) is 60.7 Å². The van der Waals surface area contributed by atoms with Gasteiger partial charge >= 0.3 is 6.03 Å². The molecule has 1 saturated carbocycles. The van der Waals surface area contributed by atoms with Crippen LogP contribution in [0.3, 0.4) is 0 Å². The standard InChI is InChI=1S/C28H31F2N3O2S/c1-20-10-15-26(36-20)18-32(17-21-11-13-22(29)14-12-21)27(34)19-33(25-8-3-2-4-9-25)28(35)31-24-7-5-6-23(30)16-24/h5-7,10-16,25H,2-4,8-9,17-19H2,1H3,(H,31,35). The molecule has 0 atom stereocenters. The molecular formula is C28H31F2N3O2S. The maximum Gasteiger partial charge on any atom is 0.322 e.